The highest BCUT2D eigenvalue weighted by atomic mass is 35.5. The SMILES string of the molecule is O=[N+]([O-])c1cc(C2=NOC(c3cc(Cl)cc(Cl)c3)(C(F)(F)F)C2)ccc1-n1cncn1.O=[N+]([O-])c1cc(C2=NOC(c3cc(Cl)cc(Cl)c3)(C(F)(F)F)C2)ccc1F.c1nc[nH]n1. The zero-order valence-electron chi connectivity index (χ0n) is 30.8. The number of nitrogens with one attached hydrogen (secondary N) is 1. The van der Waals surface area contributed by atoms with Crippen molar-refractivity contribution < 1.29 is 50.3 Å². The summed E-state index contributed by atoms with van der Waals surface area (Å²) in [4.78, 5) is 37.7. The molecule has 2 aliphatic heterocycles. The third-order valence-corrected chi connectivity index (χ3v) is 9.88. The van der Waals surface area contributed by atoms with Crippen molar-refractivity contribution in [3.05, 3.63) is 166 Å². The van der Waals surface area contributed by atoms with E-state index in [2.05, 4.69) is 35.6 Å². The lowest BCUT2D eigenvalue weighted by atomic mass is 9.86. The Labute approximate surface area is 367 Å². The van der Waals surface area contributed by atoms with Crippen LogP contribution >= 0.6 is 46.4 Å². The van der Waals surface area contributed by atoms with Crippen LogP contribution in [0.15, 0.2) is 108 Å². The van der Waals surface area contributed by atoms with Crippen molar-refractivity contribution >= 4 is 69.2 Å². The van der Waals surface area contributed by atoms with Gasteiger partial charge >= 0.3 is 18.0 Å². The zero-order chi connectivity index (χ0) is 45.9. The predicted octanol–water partition coefficient (Wildman–Crippen LogP) is 10.5. The summed E-state index contributed by atoms with van der Waals surface area (Å²) in [5, 5.41) is 39.2. The number of benzene rings is 4. The molecule has 63 heavy (non-hydrogen) atoms. The number of H-pyrrole nitrogens is 1. The topological polar surface area (TPSA) is 202 Å². The maximum absolute atomic E-state index is 14.1. The van der Waals surface area contributed by atoms with Gasteiger partial charge in [-0.25, -0.2) is 14.6 Å². The molecule has 27 heteroatoms. The number of halogens is 11. The Kier molecular flexibility index (Phi) is 13.3. The van der Waals surface area contributed by atoms with Gasteiger partial charge in [0.1, 0.15) is 31.0 Å². The van der Waals surface area contributed by atoms with Crippen LogP contribution in [0.5, 0.6) is 0 Å². The molecule has 1 N–H and O–H groups in total. The van der Waals surface area contributed by atoms with Crippen LogP contribution in [0.1, 0.15) is 35.1 Å². The fourth-order valence-electron chi connectivity index (χ4n) is 6.07. The maximum atomic E-state index is 14.1. The Bertz CT molecular complexity index is 2670. The van der Waals surface area contributed by atoms with E-state index in [0.717, 1.165) is 48.5 Å². The van der Waals surface area contributed by atoms with Gasteiger partial charge in [0.05, 0.1) is 21.3 Å². The minimum atomic E-state index is -4.90. The van der Waals surface area contributed by atoms with Crippen LogP contribution in [-0.4, -0.2) is 63.6 Å². The first-order chi connectivity index (χ1) is 29.6. The molecule has 4 aromatic carbocycles. The smallest absolute Gasteiger partial charge is 0.374 e. The van der Waals surface area contributed by atoms with Gasteiger partial charge < -0.3 is 9.68 Å². The van der Waals surface area contributed by atoms with Crippen molar-refractivity contribution in [1.29, 1.82) is 0 Å². The van der Waals surface area contributed by atoms with Gasteiger partial charge in [0.15, 0.2) is 0 Å². The number of nitrogens with zero attached hydrogens (tertiary/aromatic N) is 9. The fraction of sp³-hybridized carbons (Fsp3) is 0.167. The molecular weight excluding hydrogens is 943 g/mol. The highest BCUT2D eigenvalue weighted by Gasteiger charge is 2.63. The molecule has 0 saturated heterocycles. The zero-order valence-corrected chi connectivity index (χ0v) is 33.8. The quantitative estimate of drug-likeness (QED) is 0.0911. The molecule has 2 aromatic heterocycles. The van der Waals surface area contributed by atoms with Crippen LogP contribution in [-0.2, 0) is 20.9 Å². The van der Waals surface area contributed by atoms with Gasteiger partial charge in [-0.05, 0) is 54.6 Å². The summed E-state index contributed by atoms with van der Waals surface area (Å²) >= 11 is 23.4. The molecule has 8 rings (SSSR count). The summed E-state index contributed by atoms with van der Waals surface area (Å²) in [6.07, 6.45) is -5.89. The highest BCUT2D eigenvalue weighted by molar-refractivity contribution is 6.35. The standard InChI is InChI=1S/C18H10Cl2F3N5O3.C16H8Cl2F4N2O3.C2H3N3/c19-12-4-11(5-13(20)6-12)17(18(21,22)23)7-14(26-31-17)10-1-2-15(16(3-10)28(29)30)27-9-24-8-25-27;17-10-4-9(5-11(18)6-10)15(16(20,21)22)7-13(23-27-15)8-1-2-12(19)14(3-8)24(25)26;1-3-2-5-4-1/h1-6,8-9H,7H2;1-6H,7H2;1-2H,(H,3,4,5). The van der Waals surface area contributed by atoms with Crippen molar-refractivity contribution in [1.82, 2.24) is 29.9 Å². The highest BCUT2D eigenvalue weighted by Crippen LogP contribution is 2.51. The molecule has 2 unspecified atom stereocenters. The van der Waals surface area contributed by atoms with E-state index < -0.39 is 57.7 Å². The largest absolute Gasteiger partial charge is 0.435 e. The van der Waals surface area contributed by atoms with Crippen LogP contribution in [0.25, 0.3) is 5.69 Å². The summed E-state index contributed by atoms with van der Waals surface area (Å²) in [6.45, 7) is 0. The van der Waals surface area contributed by atoms with Gasteiger partial charge in [-0.2, -0.15) is 40.9 Å². The van der Waals surface area contributed by atoms with Crippen LogP contribution in [0.3, 0.4) is 0 Å². The molecule has 0 saturated carbocycles. The predicted molar refractivity (Wildman–Crippen MR) is 210 cm³/mol. The van der Waals surface area contributed by atoms with Gasteiger partial charge in [-0.1, -0.05) is 62.8 Å². The van der Waals surface area contributed by atoms with Crippen LogP contribution in [0.4, 0.5) is 42.1 Å². The van der Waals surface area contributed by atoms with Crippen molar-refractivity contribution in [3.8, 4) is 5.69 Å². The van der Waals surface area contributed by atoms with E-state index in [9.17, 15) is 51.0 Å². The lowest BCUT2D eigenvalue weighted by molar-refractivity contribution is -0.387. The van der Waals surface area contributed by atoms with Crippen molar-refractivity contribution in [2.45, 2.75) is 36.4 Å². The van der Waals surface area contributed by atoms with Crippen LogP contribution < -0.4 is 0 Å². The Morgan fingerprint density at radius 2 is 1.14 bits per heavy atom. The molecule has 0 amide bonds. The molecule has 0 bridgehead atoms. The molecule has 16 nitrogen and oxygen atoms in total. The van der Waals surface area contributed by atoms with E-state index >= 15 is 0 Å². The molecular formula is C36H21Cl4F7N10O6. The van der Waals surface area contributed by atoms with Crippen molar-refractivity contribution in [3.63, 3.8) is 0 Å². The molecule has 0 radical (unpaired) electrons. The van der Waals surface area contributed by atoms with E-state index in [1.54, 1.807) is 0 Å². The third kappa shape index (κ3) is 9.80. The van der Waals surface area contributed by atoms with Gasteiger partial charge in [0.2, 0.25) is 5.82 Å². The second-order valence-electron chi connectivity index (χ2n) is 13.0. The number of alkyl halides is 6. The molecule has 2 atom stereocenters. The lowest BCUT2D eigenvalue weighted by Gasteiger charge is -2.29. The van der Waals surface area contributed by atoms with Crippen LogP contribution in [0.2, 0.25) is 20.1 Å². The Morgan fingerprint density at radius 3 is 1.52 bits per heavy atom. The Morgan fingerprint density at radius 1 is 0.667 bits per heavy atom. The Hall–Kier alpha value is -6.43. The summed E-state index contributed by atoms with van der Waals surface area (Å²) in [5.74, 6) is -1.12. The summed E-state index contributed by atoms with van der Waals surface area (Å²) in [7, 11) is 0. The number of nitro benzene ring substituents is 2. The van der Waals surface area contributed by atoms with E-state index in [-0.39, 0.29) is 65.1 Å². The number of aromatic amines is 1. The molecule has 0 spiro atoms. The van der Waals surface area contributed by atoms with Gasteiger partial charge in [0.25, 0.3) is 16.9 Å². The molecule has 0 aliphatic carbocycles. The third-order valence-electron chi connectivity index (χ3n) is 9.01. The molecule has 328 valence electrons. The first-order valence-electron chi connectivity index (χ1n) is 17.1. The summed E-state index contributed by atoms with van der Waals surface area (Å²) in [5.41, 5.74) is -7.92. The lowest BCUT2D eigenvalue weighted by Crippen LogP contribution is -2.42. The number of aromatic nitrogens is 6. The van der Waals surface area contributed by atoms with E-state index in [1.807, 2.05) is 0 Å². The first-order valence-corrected chi connectivity index (χ1v) is 18.6. The van der Waals surface area contributed by atoms with Gasteiger partial charge in [-0.3, -0.25) is 25.3 Å². The number of rotatable bonds is 7. The second-order valence-corrected chi connectivity index (χ2v) is 14.7. The molecule has 0 fully saturated rings. The summed E-state index contributed by atoms with van der Waals surface area (Å²) in [6, 6.07) is 13.3. The first kappa shape index (κ1) is 46.1. The number of hydrogen-bond acceptors (Lipinski definition) is 12. The van der Waals surface area contributed by atoms with E-state index in [1.165, 1.54) is 54.3 Å². The van der Waals surface area contributed by atoms with Gasteiger partial charge in [0, 0.05) is 67.3 Å². The second kappa shape index (κ2) is 18.1. The minimum absolute atomic E-state index is 0.00371. The number of hydrogen-bond donors (Lipinski definition) is 1. The monoisotopic (exact) mass is 962 g/mol. The average molecular weight is 964 g/mol. The average Bonchev–Trinajstić information content (AvgIpc) is 4.05. The molecule has 2 aliphatic rings. The number of nitro groups is 2. The Balaban J connectivity index is 0.000000190. The van der Waals surface area contributed by atoms with E-state index in [4.69, 9.17) is 56.1 Å². The minimum Gasteiger partial charge on any atom is -0.374 e. The van der Waals surface area contributed by atoms with Crippen LogP contribution in [0, 0.1) is 26.0 Å². The normalized spacial score (nSPS) is 18.1. The van der Waals surface area contributed by atoms with Crippen molar-refractivity contribution in [2.75, 3.05) is 0 Å². The summed E-state index contributed by atoms with van der Waals surface area (Å²) < 4.78 is 98.6. The maximum Gasteiger partial charge on any atom is 0.435 e. The van der Waals surface area contributed by atoms with E-state index in [0.29, 0.717) is 0 Å². The fourth-order valence-corrected chi connectivity index (χ4v) is 7.12. The molecule has 4 heterocycles. The number of oxime groups is 2. The van der Waals surface area contributed by atoms with Gasteiger partial charge in [-0.15, -0.1) is 0 Å². The molecule has 6 aromatic rings. The van der Waals surface area contributed by atoms with Crippen molar-refractivity contribution in [2.24, 2.45) is 10.3 Å².